The number of nitrogens with zero attached hydrogens (tertiary/aromatic N) is 1. The second-order valence-electron chi connectivity index (χ2n) is 12.1. The molecular weight excluding hydrogens is 470 g/mol. The number of fused-ring (bicyclic) bond motifs is 2. The quantitative estimate of drug-likeness (QED) is 0.243. The molecule has 0 N–H and O–H groups in total. The molecule has 0 bridgehead atoms. The number of hydrogen-bond acceptors (Lipinski definition) is 1. The first-order valence-corrected chi connectivity index (χ1v) is 14.0. The van der Waals surface area contributed by atoms with Crippen molar-refractivity contribution in [3.05, 3.63) is 142 Å². The summed E-state index contributed by atoms with van der Waals surface area (Å²) in [5.74, 6) is 0. The van der Waals surface area contributed by atoms with Gasteiger partial charge in [0, 0.05) is 27.9 Å². The molecule has 0 atom stereocenters. The lowest BCUT2D eigenvalue weighted by Crippen LogP contribution is -2.26. The molecule has 2 aliphatic carbocycles. The molecule has 0 unspecified atom stereocenters. The first-order chi connectivity index (χ1) is 18.7. The van der Waals surface area contributed by atoms with E-state index < -0.39 is 0 Å². The van der Waals surface area contributed by atoms with Crippen LogP contribution in [0.3, 0.4) is 0 Å². The minimum atomic E-state index is 0.0394. The molecule has 4 aromatic carbocycles. The van der Waals surface area contributed by atoms with Crippen LogP contribution in [0.1, 0.15) is 61.1 Å². The van der Waals surface area contributed by atoms with Crippen molar-refractivity contribution in [3.63, 3.8) is 0 Å². The van der Waals surface area contributed by atoms with Crippen LogP contribution in [0.25, 0.3) is 17.7 Å². The molecule has 4 aromatic rings. The van der Waals surface area contributed by atoms with Crippen LogP contribution in [0.15, 0.2) is 109 Å². The average Bonchev–Trinajstić information content (AvgIpc) is 3.37. The van der Waals surface area contributed by atoms with Crippen LogP contribution < -0.4 is 4.90 Å². The van der Waals surface area contributed by atoms with Crippen molar-refractivity contribution in [2.75, 3.05) is 4.90 Å². The molecule has 2 aliphatic rings. The number of para-hydroxylation sites is 2. The van der Waals surface area contributed by atoms with Gasteiger partial charge in [0.05, 0.1) is 0 Å². The van der Waals surface area contributed by atoms with Gasteiger partial charge in [-0.1, -0.05) is 119 Å². The zero-order chi connectivity index (χ0) is 27.4. The molecule has 1 heteroatoms. The predicted molar refractivity (Wildman–Crippen MR) is 169 cm³/mol. The van der Waals surface area contributed by atoms with E-state index in [0.29, 0.717) is 0 Å². The minimum absolute atomic E-state index is 0.0394. The van der Waals surface area contributed by atoms with Crippen molar-refractivity contribution < 1.29 is 0 Å². The monoisotopic (exact) mass is 507 g/mol. The Kier molecular flexibility index (Phi) is 5.99. The SMILES string of the molecule is Cc1ccccc1N(c1ccc(/C=C/c2ccc3c(c2)C(C)(C)C2=C3C=CC2(C)C)cc1)c1ccccc1C. The van der Waals surface area contributed by atoms with E-state index in [9.17, 15) is 0 Å². The molecule has 0 spiro atoms. The first-order valence-electron chi connectivity index (χ1n) is 14.0. The Morgan fingerprint density at radius 2 is 1.21 bits per heavy atom. The molecule has 6 rings (SSSR count). The largest absolute Gasteiger partial charge is 0.310 e. The minimum Gasteiger partial charge on any atom is -0.310 e. The summed E-state index contributed by atoms with van der Waals surface area (Å²) in [7, 11) is 0. The second kappa shape index (κ2) is 9.27. The van der Waals surface area contributed by atoms with Crippen LogP contribution in [0.5, 0.6) is 0 Å². The number of hydrogen-bond donors (Lipinski definition) is 0. The number of anilines is 3. The molecular formula is C38H37N. The van der Waals surface area contributed by atoms with E-state index in [1.165, 1.54) is 50.3 Å². The van der Waals surface area contributed by atoms with Gasteiger partial charge in [0.25, 0.3) is 0 Å². The van der Waals surface area contributed by atoms with E-state index in [1.807, 2.05) is 0 Å². The third-order valence-electron chi connectivity index (χ3n) is 8.54. The normalized spacial score (nSPS) is 16.6. The van der Waals surface area contributed by atoms with Gasteiger partial charge in [-0.05, 0) is 82.6 Å². The molecule has 39 heavy (non-hydrogen) atoms. The summed E-state index contributed by atoms with van der Waals surface area (Å²) in [6.45, 7) is 13.8. The average molecular weight is 508 g/mol. The van der Waals surface area contributed by atoms with Crippen LogP contribution in [0.2, 0.25) is 0 Å². The fraction of sp³-hybridized carbons (Fsp3) is 0.211. The fourth-order valence-corrected chi connectivity index (χ4v) is 6.69. The topological polar surface area (TPSA) is 3.24 Å². The van der Waals surface area contributed by atoms with Gasteiger partial charge in [0.1, 0.15) is 0 Å². The van der Waals surface area contributed by atoms with Crippen molar-refractivity contribution in [1.82, 2.24) is 0 Å². The smallest absolute Gasteiger partial charge is 0.0490 e. The summed E-state index contributed by atoms with van der Waals surface area (Å²) in [6.07, 6.45) is 9.16. The Morgan fingerprint density at radius 3 is 1.82 bits per heavy atom. The summed E-state index contributed by atoms with van der Waals surface area (Å²) in [5.41, 5.74) is 14.5. The number of rotatable bonds is 5. The van der Waals surface area contributed by atoms with E-state index in [2.05, 4.69) is 162 Å². The van der Waals surface area contributed by atoms with Gasteiger partial charge in [-0.25, -0.2) is 0 Å². The zero-order valence-electron chi connectivity index (χ0n) is 23.9. The highest BCUT2D eigenvalue weighted by molar-refractivity contribution is 5.90. The highest BCUT2D eigenvalue weighted by Crippen LogP contribution is 2.57. The Balaban J connectivity index is 1.30. The number of allylic oxidation sites excluding steroid dienone is 4. The third-order valence-corrected chi connectivity index (χ3v) is 8.54. The number of benzene rings is 4. The summed E-state index contributed by atoms with van der Waals surface area (Å²) < 4.78 is 0. The van der Waals surface area contributed by atoms with Gasteiger partial charge in [0.2, 0.25) is 0 Å². The molecule has 0 heterocycles. The maximum absolute atomic E-state index is 2.39. The molecule has 0 radical (unpaired) electrons. The van der Waals surface area contributed by atoms with E-state index in [-0.39, 0.29) is 10.8 Å². The van der Waals surface area contributed by atoms with Crippen molar-refractivity contribution in [3.8, 4) is 0 Å². The third kappa shape index (κ3) is 4.27. The predicted octanol–water partition coefficient (Wildman–Crippen LogP) is 10.6. The van der Waals surface area contributed by atoms with Gasteiger partial charge in [-0.3, -0.25) is 0 Å². The molecule has 0 amide bonds. The number of aryl methyl sites for hydroxylation is 2. The van der Waals surface area contributed by atoms with Gasteiger partial charge >= 0.3 is 0 Å². The van der Waals surface area contributed by atoms with Crippen molar-refractivity contribution in [1.29, 1.82) is 0 Å². The highest BCUT2D eigenvalue weighted by atomic mass is 15.1. The lowest BCUT2D eigenvalue weighted by Gasteiger charge is -2.33. The van der Waals surface area contributed by atoms with Crippen LogP contribution in [-0.2, 0) is 5.41 Å². The Morgan fingerprint density at radius 1 is 0.641 bits per heavy atom. The molecule has 0 fully saturated rings. The molecule has 0 saturated heterocycles. The van der Waals surface area contributed by atoms with E-state index in [0.717, 1.165) is 5.69 Å². The second-order valence-corrected chi connectivity index (χ2v) is 12.1. The van der Waals surface area contributed by atoms with Crippen molar-refractivity contribution >= 4 is 34.8 Å². The van der Waals surface area contributed by atoms with Gasteiger partial charge in [-0.2, -0.15) is 0 Å². The standard InChI is InChI=1S/C38H37N/c1-26-11-7-9-13-34(26)39(35-14-10-8-12-27(35)2)30-20-17-28(18-21-30)15-16-29-19-22-31-32-23-24-37(3,4)36(32)38(5,6)33(31)25-29/h7-25H,1-6H3/b16-15+. The highest BCUT2D eigenvalue weighted by Gasteiger charge is 2.45. The van der Waals surface area contributed by atoms with E-state index in [4.69, 9.17) is 0 Å². The zero-order valence-corrected chi connectivity index (χ0v) is 23.9. The van der Waals surface area contributed by atoms with Crippen LogP contribution in [-0.4, -0.2) is 0 Å². The van der Waals surface area contributed by atoms with Gasteiger partial charge in [-0.15, -0.1) is 0 Å². The molecule has 0 saturated carbocycles. The maximum Gasteiger partial charge on any atom is 0.0490 e. The van der Waals surface area contributed by atoms with E-state index in [1.54, 1.807) is 5.57 Å². The van der Waals surface area contributed by atoms with Crippen LogP contribution in [0.4, 0.5) is 17.1 Å². The van der Waals surface area contributed by atoms with Crippen molar-refractivity contribution in [2.45, 2.75) is 47.0 Å². The first kappa shape index (κ1) is 25.2. The molecule has 0 aliphatic heterocycles. The molecule has 1 nitrogen and oxygen atoms in total. The van der Waals surface area contributed by atoms with Crippen molar-refractivity contribution in [2.24, 2.45) is 5.41 Å². The van der Waals surface area contributed by atoms with Gasteiger partial charge in [0.15, 0.2) is 0 Å². The summed E-state index contributed by atoms with van der Waals surface area (Å²) in [5, 5.41) is 0. The summed E-state index contributed by atoms with van der Waals surface area (Å²) in [4.78, 5) is 2.36. The molecule has 0 aromatic heterocycles. The van der Waals surface area contributed by atoms with Crippen LogP contribution in [0, 0.1) is 19.3 Å². The van der Waals surface area contributed by atoms with Crippen LogP contribution >= 0.6 is 0 Å². The lowest BCUT2D eigenvalue weighted by molar-refractivity contribution is 0.475. The lowest BCUT2D eigenvalue weighted by atomic mass is 9.70. The Bertz CT molecular complexity index is 1610. The molecule has 194 valence electrons. The Hall–Kier alpha value is -4.10. The maximum atomic E-state index is 2.39. The van der Waals surface area contributed by atoms with E-state index >= 15 is 0 Å². The Labute approximate surface area is 233 Å². The summed E-state index contributed by atoms with van der Waals surface area (Å²) in [6, 6.07) is 33.0. The summed E-state index contributed by atoms with van der Waals surface area (Å²) >= 11 is 0. The van der Waals surface area contributed by atoms with Gasteiger partial charge < -0.3 is 4.90 Å². The fourth-order valence-electron chi connectivity index (χ4n) is 6.69.